The van der Waals surface area contributed by atoms with Gasteiger partial charge in [0.1, 0.15) is 0 Å². The second kappa shape index (κ2) is 5.07. The minimum absolute atomic E-state index is 0.101. The Morgan fingerprint density at radius 3 is 2.71 bits per heavy atom. The van der Waals surface area contributed by atoms with E-state index in [0.29, 0.717) is 6.54 Å². The number of carboxylic acids is 1. The SMILES string of the molecule is CCn1cc(OC(CC(=O)O)C(F)(F)F)cn1. The van der Waals surface area contributed by atoms with Gasteiger partial charge in [0.05, 0.1) is 18.8 Å². The normalized spacial score (nSPS) is 13.4. The van der Waals surface area contributed by atoms with E-state index in [2.05, 4.69) is 9.84 Å². The molecule has 5 nitrogen and oxygen atoms in total. The summed E-state index contributed by atoms with van der Waals surface area (Å²) in [5.41, 5.74) is 0. The summed E-state index contributed by atoms with van der Waals surface area (Å²) < 4.78 is 43.3. The predicted octanol–water partition coefficient (Wildman–Crippen LogP) is 1.69. The van der Waals surface area contributed by atoms with E-state index in [1.807, 2.05) is 0 Å². The van der Waals surface area contributed by atoms with Crippen molar-refractivity contribution in [3.8, 4) is 5.75 Å². The molecule has 1 N–H and O–H groups in total. The number of alkyl halides is 3. The lowest BCUT2D eigenvalue weighted by Gasteiger charge is -2.18. The molecular weight excluding hydrogens is 241 g/mol. The molecule has 8 heteroatoms. The predicted molar refractivity (Wildman–Crippen MR) is 50.6 cm³/mol. The van der Waals surface area contributed by atoms with Gasteiger partial charge >= 0.3 is 12.1 Å². The van der Waals surface area contributed by atoms with Gasteiger partial charge in [0, 0.05) is 6.54 Å². The van der Waals surface area contributed by atoms with E-state index in [9.17, 15) is 18.0 Å². The van der Waals surface area contributed by atoms with Crippen LogP contribution in [0.25, 0.3) is 0 Å². The highest BCUT2D eigenvalue weighted by Gasteiger charge is 2.43. The molecule has 0 radical (unpaired) electrons. The Hall–Kier alpha value is -1.73. The third kappa shape index (κ3) is 3.97. The second-order valence-corrected chi connectivity index (χ2v) is 3.28. The first-order valence-corrected chi connectivity index (χ1v) is 4.80. The Morgan fingerprint density at radius 2 is 2.29 bits per heavy atom. The third-order valence-electron chi connectivity index (χ3n) is 1.94. The summed E-state index contributed by atoms with van der Waals surface area (Å²) in [6.45, 7) is 2.24. The maximum Gasteiger partial charge on any atom is 0.426 e. The zero-order valence-corrected chi connectivity index (χ0v) is 8.94. The average Bonchev–Trinajstić information content (AvgIpc) is 2.62. The highest BCUT2D eigenvalue weighted by molar-refractivity contribution is 5.67. The van der Waals surface area contributed by atoms with E-state index in [1.54, 1.807) is 6.92 Å². The van der Waals surface area contributed by atoms with E-state index in [0.717, 1.165) is 6.20 Å². The maximum atomic E-state index is 12.4. The van der Waals surface area contributed by atoms with Crippen molar-refractivity contribution in [3.05, 3.63) is 12.4 Å². The zero-order chi connectivity index (χ0) is 13.1. The molecule has 0 saturated heterocycles. The fourth-order valence-electron chi connectivity index (χ4n) is 1.13. The molecule has 0 aliphatic rings. The summed E-state index contributed by atoms with van der Waals surface area (Å²) in [5, 5.41) is 12.1. The van der Waals surface area contributed by atoms with Crippen molar-refractivity contribution in [1.82, 2.24) is 9.78 Å². The largest absolute Gasteiger partial charge is 0.481 e. The molecule has 0 saturated carbocycles. The number of aromatic nitrogens is 2. The molecule has 0 aliphatic heterocycles. The molecule has 0 bridgehead atoms. The number of halogens is 3. The average molecular weight is 252 g/mol. The molecule has 0 fully saturated rings. The molecular formula is C9H11F3N2O3. The number of aliphatic carboxylic acids is 1. The van der Waals surface area contributed by atoms with Gasteiger partial charge in [-0.3, -0.25) is 9.48 Å². The number of aryl methyl sites for hydroxylation is 1. The molecule has 1 rings (SSSR count). The van der Waals surface area contributed by atoms with Crippen LogP contribution in [0.2, 0.25) is 0 Å². The summed E-state index contributed by atoms with van der Waals surface area (Å²) in [6, 6.07) is 0. The monoisotopic (exact) mass is 252 g/mol. The van der Waals surface area contributed by atoms with Crippen molar-refractivity contribution in [2.24, 2.45) is 0 Å². The van der Waals surface area contributed by atoms with E-state index < -0.39 is 24.7 Å². The molecule has 0 aromatic carbocycles. The van der Waals surface area contributed by atoms with E-state index in [1.165, 1.54) is 10.9 Å². The number of ether oxygens (including phenoxy) is 1. The van der Waals surface area contributed by atoms with Crippen LogP contribution in [0.15, 0.2) is 12.4 Å². The Balaban J connectivity index is 2.75. The van der Waals surface area contributed by atoms with Crippen molar-refractivity contribution in [1.29, 1.82) is 0 Å². The lowest BCUT2D eigenvalue weighted by molar-refractivity contribution is -0.200. The molecule has 0 spiro atoms. The molecule has 0 aliphatic carbocycles. The van der Waals surface area contributed by atoms with Crippen molar-refractivity contribution in [2.75, 3.05) is 0 Å². The van der Waals surface area contributed by atoms with Crippen LogP contribution in [-0.2, 0) is 11.3 Å². The molecule has 1 atom stereocenters. The van der Waals surface area contributed by atoms with Crippen LogP contribution in [0.4, 0.5) is 13.2 Å². The molecule has 1 unspecified atom stereocenters. The third-order valence-corrected chi connectivity index (χ3v) is 1.94. The van der Waals surface area contributed by atoms with Crippen LogP contribution < -0.4 is 4.74 Å². The summed E-state index contributed by atoms with van der Waals surface area (Å²) in [4.78, 5) is 10.3. The summed E-state index contributed by atoms with van der Waals surface area (Å²) in [6.07, 6.45) is -5.84. The van der Waals surface area contributed by atoms with Gasteiger partial charge < -0.3 is 9.84 Å². The number of hydrogen-bond donors (Lipinski definition) is 1. The van der Waals surface area contributed by atoms with Gasteiger partial charge in [0.15, 0.2) is 5.75 Å². The van der Waals surface area contributed by atoms with Crippen LogP contribution >= 0.6 is 0 Å². The fourth-order valence-corrected chi connectivity index (χ4v) is 1.13. The van der Waals surface area contributed by atoms with Crippen LogP contribution in [0.3, 0.4) is 0 Å². The van der Waals surface area contributed by atoms with Gasteiger partial charge in [-0.25, -0.2) is 0 Å². The summed E-state index contributed by atoms with van der Waals surface area (Å²) in [7, 11) is 0. The number of carbonyl (C=O) groups is 1. The first-order chi connectivity index (χ1) is 7.82. The second-order valence-electron chi connectivity index (χ2n) is 3.28. The summed E-state index contributed by atoms with van der Waals surface area (Å²) in [5.74, 6) is -1.68. The standard InChI is InChI=1S/C9H11F3N2O3/c1-2-14-5-6(4-13-14)17-7(3-8(15)16)9(10,11)12/h4-5,7H,2-3H2,1H3,(H,15,16). The highest BCUT2D eigenvalue weighted by Crippen LogP contribution is 2.27. The lowest BCUT2D eigenvalue weighted by Crippen LogP contribution is -2.36. The first kappa shape index (κ1) is 13.3. The highest BCUT2D eigenvalue weighted by atomic mass is 19.4. The van der Waals surface area contributed by atoms with Crippen molar-refractivity contribution >= 4 is 5.97 Å². The van der Waals surface area contributed by atoms with Gasteiger partial charge in [-0.2, -0.15) is 18.3 Å². The zero-order valence-electron chi connectivity index (χ0n) is 8.94. The Labute approximate surface area is 94.8 Å². The van der Waals surface area contributed by atoms with Crippen LogP contribution in [0.1, 0.15) is 13.3 Å². The van der Waals surface area contributed by atoms with E-state index in [4.69, 9.17) is 5.11 Å². The van der Waals surface area contributed by atoms with Gasteiger partial charge in [-0.15, -0.1) is 0 Å². The molecule has 17 heavy (non-hydrogen) atoms. The van der Waals surface area contributed by atoms with Crippen LogP contribution in [0.5, 0.6) is 5.75 Å². The molecule has 1 aromatic heterocycles. The maximum absolute atomic E-state index is 12.4. The lowest BCUT2D eigenvalue weighted by atomic mass is 10.2. The first-order valence-electron chi connectivity index (χ1n) is 4.80. The number of nitrogens with zero attached hydrogens (tertiary/aromatic N) is 2. The van der Waals surface area contributed by atoms with Crippen LogP contribution in [-0.4, -0.2) is 33.1 Å². The van der Waals surface area contributed by atoms with E-state index in [-0.39, 0.29) is 5.75 Å². The van der Waals surface area contributed by atoms with E-state index >= 15 is 0 Å². The van der Waals surface area contributed by atoms with Crippen LogP contribution in [0, 0.1) is 0 Å². The van der Waals surface area contributed by atoms with Crippen molar-refractivity contribution in [2.45, 2.75) is 32.2 Å². The summed E-state index contributed by atoms with van der Waals surface area (Å²) >= 11 is 0. The van der Waals surface area contributed by atoms with Crippen molar-refractivity contribution < 1.29 is 27.8 Å². The smallest absolute Gasteiger partial charge is 0.426 e. The molecule has 1 aromatic rings. The van der Waals surface area contributed by atoms with Gasteiger partial charge in [0.2, 0.25) is 6.10 Å². The molecule has 96 valence electrons. The Bertz CT molecular complexity index is 389. The van der Waals surface area contributed by atoms with Gasteiger partial charge in [-0.1, -0.05) is 0 Å². The number of rotatable bonds is 5. The Morgan fingerprint density at radius 1 is 1.65 bits per heavy atom. The topological polar surface area (TPSA) is 64.3 Å². The Kier molecular flexibility index (Phi) is 3.97. The quantitative estimate of drug-likeness (QED) is 0.866. The van der Waals surface area contributed by atoms with Crippen molar-refractivity contribution in [3.63, 3.8) is 0 Å². The molecule has 0 amide bonds. The van der Waals surface area contributed by atoms with Gasteiger partial charge in [0.25, 0.3) is 0 Å². The minimum Gasteiger partial charge on any atom is -0.481 e. The number of hydrogen-bond acceptors (Lipinski definition) is 3. The number of carboxylic acid groups (broad SMARTS) is 1. The molecule has 1 heterocycles. The minimum atomic E-state index is -4.73. The fraction of sp³-hybridized carbons (Fsp3) is 0.556. The van der Waals surface area contributed by atoms with Gasteiger partial charge in [-0.05, 0) is 6.92 Å².